The molecule has 0 atom stereocenters. The molecule has 2 aromatic rings. The second-order valence-corrected chi connectivity index (χ2v) is 10.2. The quantitative estimate of drug-likeness (QED) is 0.245. The molecule has 0 aliphatic rings. The number of hydrogen-bond donors (Lipinski definition) is 0. The first-order chi connectivity index (χ1) is 17.9. The molecule has 8 nitrogen and oxygen atoms in total. The normalized spacial score (nSPS) is 10.0. The topological polar surface area (TPSA) is 85.4 Å². The molecule has 0 heterocycles. The van der Waals surface area contributed by atoms with E-state index in [1.54, 1.807) is 23.9 Å². The predicted octanol–water partition coefficient (Wildman–Crippen LogP) is 5.20. The van der Waals surface area contributed by atoms with E-state index in [1.165, 1.54) is 26.0 Å². The van der Waals surface area contributed by atoms with Crippen LogP contribution in [0.15, 0.2) is 41.3 Å². The minimum Gasteiger partial charge on any atom is -0.469 e. The van der Waals surface area contributed by atoms with Crippen molar-refractivity contribution in [1.29, 1.82) is 0 Å². The highest BCUT2D eigenvalue weighted by Crippen LogP contribution is 2.24. The lowest BCUT2D eigenvalue weighted by atomic mass is 10.0. The molecule has 0 bridgehead atoms. The smallest absolute Gasteiger partial charge is 0.305 e. The Morgan fingerprint density at radius 1 is 0.789 bits per heavy atom. The Balaban J connectivity index is 0.000000380. The van der Waals surface area contributed by atoms with Gasteiger partial charge in [-0.25, -0.2) is 0 Å². The summed E-state index contributed by atoms with van der Waals surface area (Å²) in [5, 5.41) is 0.420. The third-order valence-electron chi connectivity index (χ3n) is 5.42. The molecule has 0 aliphatic heterocycles. The highest BCUT2D eigenvalue weighted by atomic mass is 32.2. The van der Waals surface area contributed by atoms with Crippen LogP contribution >= 0.6 is 24.0 Å². The molecule has 0 unspecified atom stereocenters. The van der Waals surface area contributed by atoms with E-state index in [0.717, 1.165) is 27.1 Å². The van der Waals surface area contributed by atoms with Crippen LogP contribution in [0.3, 0.4) is 0 Å². The third-order valence-corrected chi connectivity index (χ3v) is 6.90. The molecule has 208 valence electrons. The minimum atomic E-state index is -0.208. The first-order valence-corrected chi connectivity index (χ1v) is 13.2. The summed E-state index contributed by atoms with van der Waals surface area (Å²) in [5.41, 5.74) is 4.36. The Hall–Kier alpha value is -3.11. The number of ether oxygens (including phenoxy) is 3. The summed E-state index contributed by atoms with van der Waals surface area (Å²) in [6.07, 6.45) is 2.08. The van der Waals surface area contributed by atoms with Crippen LogP contribution in [-0.2, 0) is 31.9 Å². The van der Waals surface area contributed by atoms with Crippen molar-refractivity contribution >= 4 is 46.3 Å². The van der Waals surface area contributed by atoms with Crippen molar-refractivity contribution in [1.82, 2.24) is 9.80 Å². The van der Waals surface area contributed by atoms with Crippen molar-refractivity contribution in [2.45, 2.75) is 44.4 Å². The zero-order valence-electron chi connectivity index (χ0n) is 23.5. The molecule has 0 aromatic heterocycles. The van der Waals surface area contributed by atoms with Crippen LogP contribution < -0.4 is 4.74 Å². The van der Waals surface area contributed by atoms with Gasteiger partial charge < -0.3 is 24.0 Å². The summed E-state index contributed by atoms with van der Waals surface area (Å²) in [6.45, 7) is 3.97. The fourth-order valence-corrected chi connectivity index (χ4v) is 3.94. The summed E-state index contributed by atoms with van der Waals surface area (Å²) in [7, 11) is 9.91. The lowest BCUT2D eigenvalue weighted by Crippen LogP contribution is -2.25. The first kappa shape index (κ1) is 32.9. The fourth-order valence-electron chi connectivity index (χ4n) is 3.09. The fraction of sp³-hybridized carbons (Fsp3) is 0.429. The van der Waals surface area contributed by atoms with Crippen LogP contribution in [0.4, 0.5) is 4.79 Å². The summed E-state index contributed by atoms with van der Waals surface area (Å²) < 4.78 is 14.8. The van der Waals surface area contributed by atoms with E-state index in [0.29, 0.717) is 36.6 Å². The first-order valence-electron chi connectivity index (χ1n) is 12.0. The molecule has 0 saturated carbocycles. The van der Waals surface area contributed by atoms with Crippen LogP contribution in [0.25, 0.3) is 0 Å². The number of thiocarbonyl (C=S) groups is 1. The number of benzene rings is 2. The molecule has 38 heavy (non-hydrogen) atoms. The summed E-state index contributed by atoms with van der Waals surface area (Å²) in [6, 6.07) is 11.6. The van der Waals surface area contributed by atoms with Gasteiger partial charge in [-0.3, -0.25) is 14.4 Å². The van der Waals surface area contributed by atoms with E-state index in [9.17, 15) is 14.4 Å². The number of aryl methyl sites for hydroxylation is 4. The lowest BCUT2D eigenvalue weighted by Gasteiger charge is -2.15. The molecule has 0 spiro atoms. The Morgan fingerprint density at radius 3 is 1.71 bits per heavy atom. The van der Waals surface area contributed by atoms with Crippen molar-refractivity contribution in [3.63, 3.8) is 0 Å². The maximum Gasteiger partial charge on any atom is 0.305 e. The molecule has 0 saturated heterocycles. The SMILES string of the molecule is COC(=O)CCc1ccc(OC(=S)N(C)C)cc1C.COC(=O)CCc1ccc(SC(=O)N(C)C)cc1C. The van der Waals surface area contributed by atoms with Gasteiger partial charge in [-0.1, -0.05) is 12.1 Å². The second-order valence-electron chi connectivity index (χ2n) is 8.85. The van der Waals surface area contributed by atoms with Crippen LogP contribution in [0.5, 0.6) is 5.75 Å². The number of amides is 1. The van der Waals surface area contributed by atoms with Crippen molar-refractivity contribution in [3.8, 4) is 5.75 Å². The maximum atomic E-state index is 11.6. The van der Waals surface area contributed by atoms with Crippen LogP contribution in [0.2, 0.25) is 0 Å². The van der Waals surface area contributed by atoms with E-state index >= 15 is 0 Å². The molecule has 2 aromatic carbocycles. The second kappa shape index (κ2) is 16.7. The Bertz CT molecular complexity index is 1030. The predicted molar refractivity (Wildman–Crippen MR) is 155 cm³/mol. The summed E-state index contributed by atoms with van der Waals surface area (Å²) in [4.78, 5) is 38.0. The number of thioether (sulfide) groups is 1. The largest absolute Gasteiger partial charge is 0.469 e. The van der Waals surface area contributed by atoms with Gasteiger partial charge in [-0.05, 0) is 97.2 Å². The van der Waals surface area contributed by atoms with Crippen molar-refractivity contribution in [3.05, 3.63) is 58.7 Å². The van der Waals surface area contributed by atoms with Gasteiger partial charge in [0.2, 0.25) is 0 Å². The molecule has 10 heteroatoms. The van der Waals surface area contributed by atoms with Gasteiger partial charge in [0.1, 0.15) is 5.75 Å². The standard InChI is InChI=1S/2C14H19NO3S/c1-10-9-12(19-14(17)15(2)3)7-5-11(10)6-8-13(16)18-4;1-10-9-12(18-14(19)15(2)3)7-5-11(10)6-8-13(16)17-4/h2*5,7,9H,6,8H2,1-4H3. The third kappa shape index (κ3) is 12.0. The maximum absolute atomic E-state index is 11.6. The molecule has 0 radical (unpaired) electrons. The van der Waals surface area contributed by atoms with Crippen LogP contribution in [-0.4, -0.2) is 74.6 Å². The van der Waals surface area contributed by atoms with Gasteiger partial charge in [0.25, 0.3) is 10.4 Å². The molecular weight excluding hydrogens is 524 g/mol. The van der Waals surface area contributed by atoms with Crippen molar-refractivity contribution < 1.29 is 28.6 Å². The molecule has 2 rings (SSSR count). The van der Waals surface area contributed by atoms with Crippen molar-refractivity contribution in [2.75, 3.05) is 42.4 Å². The highest BCUT2D eigenvalue weighted by Gasteiger charge is 2.10. The Labute approximate surface area is 235 Å². The number of carbonyl (C=O) groups excluding carboxylic acids is 3. The highest BCUT2D eigenvalue weighted by molar-refractivity contribution is 8.13. The number of nitrogens with zero attached hydrogens (tertiary/aromatic N) is 2. The monoisotopic (exact) mass is 562 g/mol. The van der Waals surface area contributed by atoms with Crippen LogP contribution in [0.1, 0.15) is 35.1 Å². The van der Waals surface area contributed by atoms with E-state index in [1.807, 2.05) is 64.3 Å². The Kier molecular flexibility index (Phi) is 14.4. The number of rotatable bonds is 8. The number of hydrogen-bond acceptors (Lipinski definition) is 8. The van der Waals surface area contributed by atoms with E-state index in [4.69, 9.17) is 17.0 Å². The van der Waals surface area contributed by atoms with E-state index in [-0.39, 0.29) is 17.2 Å². The Morgan fingerprint density at radius 2 is 1.29 bits per heavy atom. The number of methoxy groups -OCH3 is 2. The molecule has 0 fully saturated rings. The molecule has 1 amide bonds. The lowest BCUT2D eigenvalue weighted by molar-refractivity contribution is -0.141. The molecule has 0 N–H and O–H groups in total. The number of esters is 2. The van der Waals surface area contributed by atoms with Crippen molar-refractivity contribution in [2.24, 2.45) is 0 Å². The summed E-state index contributed by atoms with van der Waals surface area (Å²) >= 11 is 6.28. The minimum absolute atomic E-state index is 0.00158. The van der Waals surface area contributed by atoms with Gasteiger partial charge in [-0.2, -0.15) is 0 Å². The molecular formula is C28H38N2O6S2. The van der Waals surface area contributed by atoms with Gasteiger partial charge in [0, 0.05) is 45.9 Å². The van der Waals surface area contributed by atoms with E-state index in [2.05, 4.69) is 9.47 Å². The van der Waals surface area contributed by atoms with Gasteiger partial charge in [0.05, 0.1) is 14.2 Å². The zero-order chi connectivity index (χ0) is 28.8. The summed E-state index contributed by atoms with van der Waals surface area (Å²) in [5.74, 6) is 0.298. The average Bonchev–Trinajstić information content (AvgIpc) is 2.87. The average molecular weight is 563 g/mol. The van der Waals surface area contributed by atoms with Gasteiger partial charge >= 0.3 is 11.9 Å². The van der Waals surface area contributed by atoms with Gasteiger partial charge in [0.15, 0.2) is 0 Å². The van der Waals surface area contributed by atoms with E-state index < -0.39 is 0 Å². The zero-order valence-corrected chi connectivity index (χ0v) is 25.1. The molecule has 0 aliphatic carbocycles. The van der Waals surface area contributed by atoms with Gasteiger partial charge in [-0.15, -0.1) is 0 Å². The number of carbonyl (C=O) groups is 3. The van der Waals surface area contributed by atoms with Crippen LogP contribution in [0, 0.1) is 13.8 Å².